The summed E-state index contributed by atoms with van der Waals surface area (Å²) < 4.78 is 14.3. The number of carbonyl (C=O) groups excluding carboxylic acids is 1. The quantitative estimate of drug-likeness (QED) is 0.838. The number of amides is 1. The van der Waals surface area contributed by atoms with Gasteiger partial charge < -0.3 is 5.32 Å². The van der Waals surface area contributed by atoms with Gasteiger partial charge in [-0.2, -0.15) is 0 Å². The van der Waals surface area contributed by atoms with Crippen LogP contribution in [0, 0.1) is 5.82 Å². The molecule has 8 heteroatoms. The van der Waals surface area contributed by atoms with E-state index in [1.807, 2.05) is 0 Å². The lowest BCUT2D eigenvalue weighted by Crippen LogP contribution is -2.30. The Kier molecular flexibility index (Phi) is 4.67. The van der Waals surface area contributed by atoms with Crippen LogP contribution < -0.4 is 5.32 Å². The Labute approximate surface area is 119 Å². The van der Waals surface area contributed by atoms with Crippen molar-refractivity contribution in [2.24, 2.45) is 7.05 Å². The maximum absolute atomic E-state index is 12.8. The monoisotopic (exact) mass is 295 g/mol. The highest BCUT2D eigenvalue weighted by Crippen LogP contribution is 2.19. The van der Waals surface area contributed by atoms with Crippen LogP contribution >= 0.6 is 11.8 Å². The van der Waals surface area contributed by atoms with Gasteiger partial charge >= 0.3 is 0 Å². The Hall–Kier alpha value is -1.96. The number of aromatic nitrogens is 4. The molecular formula is C12H14FN5OS. The van der Waals surface area contributed by atoms with E-state index in [0.29, 0.717) is 11.7 Å². The predicted octanol–water partition coefficient (Wildman–Crippen LogP) is 1.15. The van der Waals surface area contributed by atoms with Crippen LogP contribution in [0.4, 0.5) is 4.39 Å². The molecule has 1 aromatic heterocycles. The molecule has 1 heterocycles. The molecule has 0 bridgehead atoms. The van der Waals surface area contributed by atoms with Gasteiger partial charge in [0.25, 0.3) is 0 Å². The number of hydrogen-bond donors (Lipinski definition) is 1. The SMILES string of the molecule is C[C@@H](Sc1nnnn1C)C(=O)NCc1ccc(F)cc1. The molecule has 0 saturated carbocycles. The lowest BCUT2D eigenvalue weighted by atomic mass is 10.2. The maximum atomic E-state index is 12.8. The van der Waals surface area contributed by atoms with Gasteiger partial charge in [0.2, 0.25) is 11.1 Å². The fourth-order valence-electron chi connectivity index (χ4n) is 1.47. The molecule has 0 fully saturated rings. The van der Waals surface area contributed by atoms with E-state index in [4.69, 9.17) is 0 Å². The number of carbonyl (C=O) groups is 1. The van der Waals surface area contributed by atoms with Gasteiger partial charge in [-0.05, 0) is 35.0 Å². The molecule has 0 saturated heterocycles. The second-order valence-corrected chi connectivity index (χ2v) is 5.50. The molecule has 0 unspecified atom stereocenters. The first-order chi connectivity index (χ1) is 9.56. The van der Waals surface area contributed by atoms with E-state index in [-0.39, 0.29) is 17.0 Å². The minimum atomic E-state index is -0.319. The van der Waals surface area contributed by atoms with Crippen LogP contribution in [0.1, 0.15) is 12.5 Å². The largest absolute Gasteiger partial charge is 0.351 e. The molecule has 20 heavy (non-hydrogen) atoms. The maximum Gasteiger partial charge on any atom is 0.233 e. The lowest BCUT2D eigenvalue weighted by Gasteiger charge is -2.10. The molecule has 6 nitrogen and oxygen atoms in total. The third kappa shape index (κ3) is 3.77. The number of tetrazole rings is 1. The molecule has 2 aromatic rings. The summed E-state index contributed by atoms with van der Waals surface area (Å²) >= 11 is 1.28. The van der Waals surface area contributed by atoms with E-state index in [2.05, 4.69) is 20.8 Å². The van der Waals surface area contributed by atoms with Crippen molar-refractivity contribution >= 4 is 17.7 Å². The molecule has 1 N–H and O–H groups in total. The van der Waals surface area contributed by atoms with Crippen LogP contribution in [0.15, 0.2) is 29.4 Å². The number of thioether (sulfide) groups is 1. The summed E-state index contributed by atoms with van der Waals surface area (Å²) in [6.45, 7) is 2.14. The zero-order valence-corrected chi connectivity index (χ0v) is 11.9. The Balaban J connectivity index is 1.85. The molecule has 2 rings (SSSR count). The first kappa shape index (κ1) is 14.4. The Morgan fingerprint density at radius 3 is 2.75 bits per heavy atom. The van der Waals surface area contributed by atoms with E-state index in [9.17, 15) is 9.18 Å². The van der Waals surface area contributed by atoms with E-state index >= 15 is 0 Å². The van der Waals surface area contributed by atoms with E-state index in [0.717, 1.165) is 5.56 Å². The minimum Gasteiger partial charge on any atom is -0.351 e. The number of rotatable bonds is 5. The summed E-state index contributed by atoms with van der Waals surface area (Å²) in [5, 5.41) is 14.1. The zero-order chi connectivity index (χ0) is 14.5. The van der Waals surface area contributed by atoms with Crippen LogP contribution in [-0.2, 0) is 18.4 Å². The van der Waals surface area contributed by atoms with Crippen LogP contribution in [0.2, 0.25) is 0 Å². The van der Waals surface area contributed by atoms with Crippen molar-refractivity contribution in [2.75, 3.05) is 0 Å². The summed E-state index contributed by atoms with van der Waals surface area (Å²) in [7, 11) is 1.71. The van der Waals surface area contributed by atoms with Crippen LogP contribution in [-0.4, -0.2) is 31.4 Å². The molecule has 0 spiro atoms. The normalized spacial score (nSPS) is 12.2. The number of aryl methyl sites for hydroxylation is 1. The van der Waals surface area contributed by atoms with Crippen LogP contribution in [0.3, 0.4) is 0 Å². The molecule has 0 radical (unpaired) electrons. The molecule has 1 aromatic carbocycles. The minimum absolute atomic E-state index is 0.123. The van der Waals surface area contributed by atoms with Crippen molar-refractivity contribution in [3.63, 3.8) is 0 Å². The summed E-state index contributed by atoms with van der Waals surface area (Å²) in [5.74, 6) is -0.416. The fraction of sp³-hybridized carbons (Fsp3) is 0.333. The van der Waals surface area contributed by atoms with E-state index in [1.54, 1.807) is 26.1 Å². The molecule has 1 atom stereocenters. The van der Waals surface area contributed by atoms with E-state index in [1.165, 1.54) is 28.6 Å². The number of nitrogens with one attached hydrogen (secondary N) is 1. The fourth-order valence-corrected chi connectivity index (χ4v) is 2.25. The molecule has 0 aliphatic carbocycles. The van der Waals surface area contributed by atoms with Crippen LogP contribution in [0.25, 0.3) is 0 Å². The summed E-state index contributed by atoms with van der Waals surface area (Å²) in [4.78, 5) is 11.9. The van der Waals surface area contributed by atoms with Crippen molar-refractivity contribution in [1.82, 2.24) is 25.5 Å². The van der Waals surface area contributed by atoms with Gasteiger partial charge in [0.15, 0.2) is 0 Å². The van der Waals surface area contributed by atoms with Crippen molar-refractivity contribution < 1.29 is 9.18 Å². The highest BCUT2D eigenvalue weighted by Gasteiger charge is 2.17. The van der Waals surface area contributed by atoms with Gasteiger partial charge in [-0.3, -0.25) is 4.79 Å². The van der Waals surface area contributed by atoms with Crippen molar-refractivity contribution in [3.05, 3.63) is 35.6 Å². The topological polar surface area (TPSA) is 72.7 Å². The average molecular weight is 295 g/mol. The predicted molar refractivity (Wildman–Crippen MR) is 72.4 cm³/mol. The first-order valence-electron chi connectivity index (χ1n) is 5.97. The van der Waals surface area contributed by atoms with Gasteiger partial charge in [-0.25, -0.2) is 9.07 Å². The molecule has 0 aliphatic rings. The van der Waals surface area contributed by atoms with Crippen molar-refractivity contribution in [3.8, 4) is 0 Å². The first-order valence-corrected chi connectivity index (χ1v) is 6.85. The van der Waals surface area contributed by atoms with Gasteiger partial charge in [-0.15, -0.1) is 5.10 Å². The highest BCUT2D eigenvalue weighted by molar-refractivity contribution is 8.00. The zero-order valence-electron chi connectivity index (χ0n) is 11.1. The standard InChI is InChI=1S/C12H14FN5OS/c1-8(20-12-15-16-17-18(12)2)11(19)14-7-9-3-5-10(13)6-4-9/h3-6,8H,7H2,1-2H3,(H,14,19)/t8-/m1/s1. The Bertz CT molecular complexity index is 586. The van der Waals surface area contributed by atoms with E-state index < -0.39 is 0 Å². The summed E-state index contributed by atoms with van der Waals surface area (Å²) in [6.07, 6.45) is 0. The van der Waals surface area contributed by atoms with Crippen molar-refractivity contribution in [2.45, 2.75) is 23.9 Å². The lowest BCUT2D eigenvalue weighted by molar-refractivity contribution is -0.120. The average Bonchev–Trinajstić information content (AvgIpc) is 2.83. The van der Waals surface area contributed by atoms with Crippen molar-refractivity contribution in [1.29, 1.82) is 0 Å². The Morgan fingerprint density at radius 2 is 2.15 bits per heavy atom. The number of hydrogen-bond acceptors (Lipinski definition) is 5. The number of benzene rings is 1. The van der Waals surface area contributed by atoms with Crippen LogP contribution in [0.5, 0.6) is 0 Å². The van der Waals surface area contributed by atoms with Gasteiger partial charge in [0.1, 0.15) is 5.82 Å². The molecule has 106 valence electrons. The second kappa shape index (κ2) is 6.47. The third-order valence-corrected chi connectivity index (χ3v) is 3.74. The summed E-state index contributed by atoms with van der Waals surface area (Å²) in [5.41, 5.74) is 0.845. The molecule has 0 aliphatic heterocycles. The summed E-state index contributed by atoms with van der Waals surface area (Å²) in [6, 6.07) is 6.01. The molecular weight excluding hydrogens is 281 g/mol. The third-order valence-electron chi connectivity index (χ3n) is 2.61. The number of halogens is 1. The van der Waals surface area contributed by atoms with Gasteiger partial charge in [-0.1, -0.05) is 23.9 Å². The van der Waals surface area contributed by atoms with Gasteiger partial charge in [0.05, 0.1) is 5.25 Å². The van der Waals surface area contributed by atoms with Gasteiger partial charge in [0, 0.05) is 13.6 Å². The Morgan fingerprint density at radius 1 is 1.45 bits per heavy atom. The second-order valence-electron chi connectivity index (χ2n) is 4.19. The highest BCUT2D eigenvalue weighted by atomic mass is 32.2. The number of nitrogens with zero attached hydrogens (tertiary/aromatic N) is 4. The smallest absolute Gasteiger partial charge is 0.233 e. The molecule has 1 amide bonds.